The summed E-state index contributed by atoms with van der Waals surface area (Å²) in [6.45, 7) is 4.46. The molecule has 172 valence electrons. The van der Waals surface area contributed by atoms with Crippen LogP contribution in [-0.4, -0.2) is 24.4 Å². The van der Waals surface area contributed by atoms with Crippen LogP contribution in [0.25, 0.3) is 5.69 Å². The normalized spacial score (nSPS) is 11.7. The number of halogens is 3. The lowest BCUT2D eigenvalue weighted by molar-refractivity contribution is 0.0721. The fourth-order valence-corrected chi connectivity index (χ4v) is 4.07. The van der Waals surface area contributed by atoms with E-state index >= 15 is 0 Å². The van der Waals surface area contributed by atoms with Crippen molar-refractivity contribution in [3.05, 3.63) is 86.9 Å². The summed E-state index contributed by atoms with van der Waals surface area (Å²) in [7, 11) is 0. The highest BCUT2D eigenvalue weighted by Crippen LogP contribution is 2.38. The highest BCUT2D eigenvalue weighted by Gasteiger charge is 2.27. The highest BCUT2D eigenvalue weighted by atomic mass is 32.1. The molecule has 0 fully saturated rings. The van der Waals surface area contributed by atoms with Gasteiger partial charge in [0.05, 0.1) is 17.2 Å². The van der Waals surface area contributed by atoms with Gasteiger partial charge in [-0.2, -0.15) is 9.78 Å². The molecular formula is C22H19F3N4O3S. The average Bonchev–Trinajstić information content (AvgIpc) is 3.29. The molecule has 7 nitrogen and oxygen atoms in total. The minimum Gasteiger partial charge on any atom is -0.441 e. The molecule has 0 saturated carbocycles. The van der Waals surface area contributed by atoms with Crippen molar-refractivity contribution < 1.29 is 23.0 Å². The first-order chi connectivity index (χ1) is 15.5. The molecule has 33 heavy (non-hydrogen) atoms. The summed E-state index contributed by atoms with van der Waals surface area (Å²) in [5.41, 5.74) is -1.89. The zero-order chi connectivity index (χ0) is 23.9. The number of aliphatic hydroxyl groups is 1. The first kappa shape index (κ1) is 22.7. The molecule has 0 amide bonds. The molecule has 2 aromatic carbocycles. The summed E-state index contributed by atoms with van der Waals surface area (Å²) in [6.07, 6.45) is 1.12. The molecule has 2 heterocycles. The molecule has 4 rings (SSSR count). The van der Waals surface area contributed by atoms with Crippen molar-refractivity contribution in [1.29, 1.82) is 0 Å². The summed E-state index contributed by atoms with van der Waals surface area (Å²) >= 11 is 1.16. The van der Waals surface area contributed by atoms with Gasteiger partial charge >= 0.3 is 5.69 Å². The second-order valence-electron chi connectivity index (χ2n) is 7.80. The molecule has 2 aromatic heterocycles. The van der Waals surface area contributed by atoms with Crippen LogP contribution in [0.3, 0.4) is 0 Å². The SMILES string of the molecule is Cc1nc(C(C)(C)O)c(Oc2ccc(-n3ncn(Cc4c(F)cccc4F)c3=O)cc2F)s1. The number of aromatic nitrogens is 4. The molecule has 11 heteroatoms. The number of hydrogen-bond donors (Lipinski definition) is 1. The fourth-order valence-electron chi connectivity index (χ4n) is 3.14. The molecule has 1 N–H and O–H groups in total. The Hall–Kier alpha value is -3.44. The maximum atomic E-state index is 14.8. The number of aryl methyl sites for hydroxylation is 1. The highest BCUT2D eigenvalue weighted by molar-refractivity contribution is 7.13. The number of benzene rings is 2. The Kier molecular flexibility index (Phi) is 5.85. The van der Waals surface area contributed by atoms with E-state index < -0.39 is 28.7 Å². The van der Waals surface area contributed by atoms with Gasteiger partial charge in [0.15, 0.2) is 11.6 Å². The molecule has 0 unspecified atom stereocenters. The molecule has 0 aliphatic heterocycles. The molecule has 0 spiro atoms. The maximum absolute atomic E-state index is 14.8. The van der Waals surface area contributed by atoms with Gasteiger partial charge in [-0.3, -0.25) is 4.57 Å². The van der Waals surface area contributed by atoms with Crippen LogP contribution >= 0.6 is 11.3 Å². The van der Waals surface area contributed by atoms with Crippen LogP contribution in [0.2, 0.25) is 0 Å². The predicted molar refractivity (Wildman–Crippen MR) is 115 cm³/mol. The predicted octanol–water partition coefficient (Wildman–Crippen LogP) is 4.28. The summed E-state index contributed by atoms with van der Waals surface area (Å²) in [6, 6.07) is 7.19. The largest absolute Gasteiger partial charge is 0.441 e. The van der Waals surface area contributed by atoms with Crippen molar-refractivity contribution in [2.75, 3.05) is 0 Å². The fraction of sp³-hybridized carbons (Fsp3) is 0.227. The molecule has 0 aliphatic rings. The smallest absolute Gasteiger partial charge is 0.350 e. The molecule has 0 saturated heterocycles. The van der Waals surface area contributed by atoms with Gasteiger partial charge in [-0.25, -0.2) is 22.9 Å². The molecule has 0 aliphatic carbocycles. The third kappa shape index (κ3) is 4.55. The van der Waals surface area contributed by atoms with Gasteiger partial charge in [0.25, 0.3) is 0 Å². The van der Waals surface area contributed by atoms with Crippen LogP contribution in [0, 0.1) is 24.4 Å². The van der Waals surface area contributed by atoms with E-state index in [9.17, 15) is 23.1 Å². The second kappa shape index (κ2) is 8.49. The van der Waals surface area contributed by atoms with Crippen LogP contribution in [0.4, 0.5) is 13.2 Å². The van der Waals surface area contributed by atoms with Crippen LogP contribution < -0.4 is 10.4 Å². The Balaban J connectivity index is 1.62. The number of thiazole rings is 1. The van der Waals surface area contributed by atoms with Gasteiger partial charge in [0.1, 0.15) is 29.3 Å². The van der Waals surface area contributed by atoms with Gasteiger partial charge in [-0.15, -0.1) is 0 Å². The summed E-state index contributed by atoms with van der Waals surface area (Å²) in [5.74, 6) is -2.48. The van der Waals surface area contributed by atoms with Gasteiger partial charge < -0.3 is 9.84 Å². The van der Waals surface area contributed by atoms with E-state index in [1.54, 1.807) is 20.8 Å². The van der Waals surface area contributed by atoms with Crippen LogP contribution in [0.15, 0.2) is 47.5 Å². The van der Waals surface area contributed by atoms with Crippen molar-refractivity contribution in [3.8, 4) is 16.5 Å². The zero-order valence-corrected chi connectivity index (χ0v) is 18.7. The Morgan fingerprint density at radius 2 is 1.82 bits per heavy atom. The van der Waals surface area contributed by atoms with E-state index in [1.807, 2.05) is 0 Å². The Morgan fingerprint density at radius 1 is 1.12 bits per heavy atom. The number of ether oxygens (including phenoxy) is 1. The zero-order valence-electron chi connectivity index (χ0n) is 17.8. The lowest BCUT2D eigenvalue weighted by Crippen LogP contribution is -2.24. The van der Waals surface area contributed by atoms with Crippen molar-refractivity contribution in [2.24, 2.45) is 0 Å². The van der Waals surface area contributed by atoms with Crippen molar-refractivity contribution in [3.63, 3.8) is 0 Å². The first-order valence-electron chi connectivity index (χ1n) is 9.80. The van der Waals surface area contributed by atoms with Crippen molar-refractivity contribution in [2.45, 2.75) is 32.9 Å². The summed E-state index contributed by atoms with van der Waals surface area (Å²) < 4.78 is 50.2. The van der Waals surface area contributed by atoms with Crippen LogP contribution in [0.1, 0.15) is 30.1 Å². The Morgan fingerprint density at radius 3 is 2.45 bits per heavy atom. The van der Waals surface area contributed by atoms with Gasteiger partial charge in [0.2, 0.25) is 5.06 Å². The molecule has 0 atom stereocenters. The Labute approximate surface area is 190 Å². The third-order valence-electron chi connectivity index (χ3n) is 4.77. The van der Waals surface area contributed by atoms with Crippen molar-refractivity contribution in [1.82, 2.24) is 19.3 Å². The topological polar surface area (TPSA) is 82.2 Å². The lowest BCUT2D eigenvalue weighted by Gasteiger charge is -2.16. The maximum Gasteiger partial charge on any atom is 0.350 e. The van der Waals surface area contributed by atoms with E-state index in [0.717, 1.165) is 45.1 Å². The minimum atomic E-state index is -1.28. The average molecular weight is 476 g/mol. The first-order valence-corrected chi connectivity index (χ1v) is 10.6. The van der Waals surface area contributed by atoms with Gasteiger partial charge in [-0.05, 0) is 45.0 Å². The van der Waals surface area contributed by atoms with E-state index in [2.05, 4.69) is 10.1 Å². The molecule has 4 aromatic rings. The van der Waals surface area contributed by atoms with E-state index in [0.29, 0.717) is 5.01 Å². The number of rotatable bonds is 6. The Bertz CT molecular complexity index is 1370. The lowest BCUT2D eigenvalue weighted by atomic mass is 10.1. The molecule has 0 radical (unpaired) electrons. The monoisotopic (exact) mass is 476 g/mol. The van der Waals surface area contributed by atoms with Crippen LogP contribution in [0.5, 0.6) is 10.8 Å². The number of hydrogen-bond acceptors (Lipinski definition) is 6. The number of nitrogens with zero attached hydrogens (tertiary/aromatic N) is 4. The third-order valence-corrected chi connectivity index (χ3v) is 5.62. The van der Waals surface area contributed by atoms with E-state index in [-0.39, 0.29) is 34.3 Å². The molecular weight excluding hydrogens is 457 g/mol. The molecule has 0 bridgehead atoms. The van der Waals surface area contributed by atoms with E-state index in [1.165, 1.54) is 18.2 Å². The minimum absolute atomic E-state index is 0.0980. The van der Waals surface area contributed by atoms with Gasteiger partial charge in [0, 0.05) is 11.6 Å². The van der Waals surface area contributed by atoms with E-state index in [4.69, 9.17) is 4.74 Å². The van der Waals surface area contributed by atoms with Crippen molar-refractivity contribution >= 4 is 11.3 Å². The standard InChI is InChI=1S/C22H19F3N4O3S/c1-12-27-19(22(2,3)31)20(33-12)32-18-8-7-13(9-17(18)25)29-21(30)28(11-26-29)10-14-15(23)5-4-6-16(14)24/h4-9,11,31H,10H2,1-3H3. The summed E-state index contributed by atoms with van der Waals surface area (Å²) in [4.78, 5) is 16.9. The second-order valence-corrected chi connectivity index (χ2v) is 8.96. The van der Waals surface area contributed by atoms with Crippen LogP contribution in [-0.2, 0) is 12.1 Å². The summed E-state index contributed by atoms with van der Waals surface area (Å²) in [5, 5.41) is 15.1. The van der Waals surface area contributed by atoms with Gasteiger partial charge in [-0.1, -0.05) is 17.4 Å². The quantitative estimate of drug-likeness (QED) is 0.449.